The largest absolute Gasteiger partial charge is 0.453 e. The molecule has 0 radical (unpaired) electrons. The highest BCUT2D eigenvalue weighted by molar-refractivity contribution is 5.83. The van der Waals surface area contributed by atoms with E-state index in [2.05, 4.69) is 40.6 Å². The first kappa shape index (κ1) is 25.5. The summed E-state index contributed by atoms with van der Waals surface area (Å²) in [7, 11) is 1.14. The van der Waals surface area contributed by atoms with E-state index in [4.69, 9.17) is 0 Å². The van der Waals surface area contributed by atoms with Gasteiger partial charge in [0.15, 0.2) is 5.82 Å². The van der Waals surface area contributed by atoms with Crippen LogP contribution in [0.25, 0.3) is 11.5 Å². The lowest BCUT2D eigenvalue weighted by molar-refractivity contribution is -0.141. The minimum atomic E-state index is -4.71. The molecule has 15 heteroatoms. The number of aromatic nitrogens is 4. The fraction of sp³-hybridized carbons (Fsp3) is 0.250. The molecule has 0 bridgehead atoms. The average Bonchev–Trinajstić information content (AvgIpc) is 2.78. The standard InChI is InChI=1S/C20H17F6N7O2/c1-10(19(21,22)23)28-15-9-16(29-11-6-7-27-13(8-11)20(24,25)26)32-17(31-15)12-4-3-5-14(30-12)33-18(34)35-2/h3-10H,1-2H3,(H,30,33,34)(H2,27,28,29,31,32). The summed E-state index contributed by atoms with van der Waals surface area (Å²) in [6, 6.07) is 5.34. The lowest BCUT2D eigenvalue weighted by Gasteiger charge is -2.19. The van der Waals surface area contributed by atoms with Gasteiger partial charge in [0, 0.05) is 18.0 Å². The Balaban J connectivity index is 2.01. The smallest absolute Gasteiger partial charge is 0.433 e. The Labute approximate surface area is 194 Å². The fourth-order valence-electron chi connectivity index (χ4n) is 2.60. The van der Waals surface area contributed by atoms with Gasteiger partial charge < -0.3 is 15.4 Å². The molecule has 0 spiro atoms. The molecule has 1 unspecified atom stereocenters. The number of carbonyl (C=O) groups is 1. The van der Waals surface area contributed by atoms with Crippen molar-refractivity contribution < 1.29 is 35.9 Å². The van der Waals surface area contributed by atoms with Crippen LogP contribution in [0.1, 0.15) is 12.6 Å². The van der Waals surface area contributed by atoms with Gasteiger partial charge in [-0.15, -0.1) is 0 Å². The van der Waals surface area contributed by atoms with Crippen LogP contribution in [0.15, 0.2) is 42.6 Å². The van der Waals surface area contributed by atoms with Crippen molar-refractivity contribution in [3.63, 3.8) is 0 Å². The Morgan fingerprint density at radius 2 is 1.69 bits per heavy atom. The van der Waals surface area contributed by atoms with Crippen LogP contribution >= 0.6 is 0 Å². The molecule has 35 heavy (non-hydrogen) atoms. The van der Waals surface area contributed by atoms with E-state index in [1.807, 2.05) is 0 Å². The quantitative estimate of drug-likeness (QED) is 0.393. The zero-order valence-electron chi connectivity index (χ0n) is 18.0. The number of methoxy groups -OCH3 is 1. The van der Waals surface area contributed by atoms with E-state index in [0.717, 1.165) is 26.3 Å². The van der Waals surface area contributed by atoms with Crippen molar-refractivity contribution in [2.45, 2.75) is 25.3 Å². The molecule has 0 aliphatic rings. The summed E-state index contributed by atoms with van der Waals surface area (Å²) in [6.07, 6.45) is -9.21. The minimum absolute atomic E-state index is 0.0402. The number of halogens is 6. The maximum absolute atomic E-state index is 13.1. The molecule has 1 amide bonds. The highest BCUT2D eigenvalue weighted by atomic mass is 19.4. The SMILES string of the molecule is COC(=O)Nc1cccc(-c2nc(Nc3ccnc(C(F)(F)F)c3)cc(NC(C)C(F)(F)F)n2)n1. The van der Waals surface area contributed by atoms with E-state index < -0.39 is 30.2 Å². The van der Waals surface area contributed by atoms with Crippen molar-refractivity contribution in [1.82, 2.24) is 19.9 Å². The average molecular weight is 501 g/mol. The fourth-order valence-corrected chi connectivity index (χ4v) is 2.60. The molecule has 3 heterocycles. The van der Waals surface area contributed by atoms with Crippen molar-refractivity contribution in [3.8, 4) is 11.5 Å². The highest BCUT2D eigenvalue weighted by Crippen LogP contribution is 2.30. The normalized spacial score (nSPS) is 12.6. The van der Waals surface area contributed by atoms with Gasteiger partial charge in [-0.3, -0.25) is 10.3 Å². The molecule has 3 aromatic heterocycles. The van der Waals surface area contributed by atoms with E-state index in [0.29, 0.717) is 6.07 Å². The Bertz CT molecular complexity index is 1200. The van der Waals surface area contributed by atoms with Gasteiger partial charge in [0.25, 0.3) is 0 Å². The minimum Gasteiger partial charge on any atom is -0.453 e. The highest BCUT2D eigenvalue weighted by Gasteiger charge is 2.36. The zero-order chi connectivity index (χ0) is 25.8. The van der Waals surface area contributed by atoms with Crippen LogP contribution in [0.2, 0.25) is 0 Å². The summed E-state index contributed by atoms with van der Waals surface area (Å²) in [4.78, 5) is 27.0. The van der Waals surface area contributed by atoms with Crippen LogP contribution in [-0.4, -0.2) is 45.4 Å². The number of ether oxygens (including phenoxy) is 1. The van der Waals surface area contributed by atoms with Crippen molar-refractivity contribution in [2.24, 2.45) is 0 Å². The number of anilines is 4. The molecule has 0 saturated carbocycles. The molecule has 0 aliphatic carbocycles. The summed E-state index contributed by atoms with van der Waals surface area (Å²) >= 11 is 0. The van der Waals surface area contributed by atoms with Crippen LogP contribution in [0.4, 0.5) is 54.3 Å². The third kappa shape index (κ3) is 6.91. The first-order valence-corrected chi connectivity index (χ1v) is 9.70. The van der Waals surface area contributed by atoms with Gasteiger partial charge in [0.2, 0.25) is 0 Å². The summed E-state index contributed by atoms with van der Waals surface area (Å²) in [6.45, 7) is 0.868. The van der Waals surface area contributed by atoms with Crippen LogP contribution in [0.3, 0.4) is 0 Å². The van der Waals surface area contributed by atoms with Crippen LogP contribution in [0.5, 0.6) is 0 Å². The molecule has 9 nitrogen and oxygen atoms in total. The predicted molar refractivity (Wildman–Crippen MR) is 113 cm³/mol. The molecule has 1 atom stereocenters. The van der Waals surface area contributed by atoms with E-state index >= 15 is 0 Å². The van der Waals surface area contributed by atoms with Crippen molar-refractivity contribution in [2.75, 3.05) is 23.1 Å². The van der Waals surface area contributed by atoms with Gasteiger partial charge in [-0.2, -0.15) is 26.3 Å². The number of nitrogens with one attached hydrogen (secondary N) is 3. The summed E-state index contributed by atoms with van der Waals surface area (Å²) in [5, 5.41) is 7.11. The number of hydrogen-bond donors (Lipinski definition) is 3. The van der Waals surface area contributed by atoms with Crippen LogP contribution in [-0.2, 0) is 10.9 Å². The van der Waals surface area contributed by atoms with Crippen molar-refractivity contribution >= 4 is 29.2 Å². The molecule has 3 rings (SSSR count). The van der Waals surface area contributed by atoms with Gasteiger partial charge in [-0.25, -0.2) is 19.7 Å². The topological polar surface area (TPSA) is 114 Å². The second-order valence-corrected chi connectivity index (χ2v) is 6.95. The third-order valence-corrected chi connectivity index (χ3v) is 4.30. The predicted octanol–water partition coefficient (Wildman–Crippen LogP) is 5.24. The van der Waals surface area contributed by atoms with Gasteiger partial charge in [-0.05, 0) is 31.2 Å². The van der Waals surface area contributed by atoms with Gasteiger partial charge in [0.1, 0.15) is 34.9 Å². The molecular weight excluding hydrogens is 484 g/mol. The Morgan fingerprint density at radius 3 is 2.34 bits per heavy atom. The second-order valence-electron chi connectivity index (χ2n) is 6.95. The number of rotatable bonds is 6. The molecule has 0 aliphatic heterocycles. The molecule has 186 valence electrons. The monoisotopic (exact) mass is 501 g/mol. The van der Waals surface area contributed by atoms with Gasteiger partial charge in [-0.1, -0.05) is 6.07 Å². The number of nitrogens with zero attached hydrogens (tertiary/aromatic N) is 4. The Morgan fingerprint density at radius 1 is 0.971 bits per heavy atom. The van der Waals surface area contributed by atoms with E-state index in [-0.39, 0.29) is 34.7 Å². The number of carbonyl (C=O) groups excluding carboxylic acids is 1. The number of pyridine rings is 2. The first-order chi connectivity index (χ1) is 16.3. The molecular formula is C20H17F6N7O2. The van der Waals surface area contributed by atoms with Crippen molar-refractivity contribution in [3.05, 3.63) is 48.3 Å². The molecule has 3 N–H and O–H groups in total. The Kier molecular flexibility index (Phi) is 7.26. The van der Waals surface area contributed by atoms with E-state index in [9.17, 15) is 31.1 Å². The Hall–Kier alpha value is -4.17. The number of alkyl halides is 6. The molecule has 0 aromatic carbocycles. The maximum Gasteiger partial charge on any atom is 0.433 e. The van der Waals surface area contributed by atoms with Gasteiger partial charge in [0.05, 0.1) is 7.11 Å². The number of amides is 1. The maximum atomic E-state index is 13.1. The van der Waals surface area contributed by atoms with Crippen LogP contribution < -0.4 is 16.0 Å². The first-order valence-electron chi connectivity index (χ1n) is 9.70. The molecule has 3 aromatic rings. The van der Waals surface area contributed by atoms with E-state index in [1.54, 1.807) is 0 Å². The van der Waals surface area contributed by atoms with Crippen molar-refractivity contribution in [1.29, 1.82) is 0 Å². The summed E-state index contributed by atoms with van der Waals surface area (Å²) < 4.78 is 82.6. The molecule has 0 fully saturated rings. The number of hydrogen-bond acceptors (Lipinski definition) is 8. The van der Waals surface area contributed by atoms with Gasteiger partial charge >= 0.3 is 18.4 Å². The summed E-state index contributed by atoms with van der Waals surface area (Å²) in [5.41, 5.74) is -1.19. The molecule has 0 saturated heterocycles. The zero-order valence-corrected chi connectivity index (χ0v) is 18.0. The van der Waals surface area contributed by atoms with Crippen LogP contribution in [0, 0.1) is 0 Å². The second kappa shape index (κ2) is 9.99. The van der Waals surface area contributed by atoms with E-state index in [1.165, 1.54) is 24.3 Å². The third-order valence-electron chi connectivity index (χ3n) is 4.30. The lowest BCUT2D eigenvalue weighted by atomic mass is 10.3. The lowest BCUT2D eigenvalue weighted by Crippen LogP contribution is -2.33. The summed E-state index contributed by atoms with van der Waals surface area (Å²) in [5.74, 6) is -0.538.